The number of nitrogens with zero attached hydrogens (tertiary/aromatic N) is 4. The summed E-state index contributed by atoms with van der Waals surface area (Å²) >= 11 is 6.79. The number of aromatic hydroxyl groups is 1. The lowest BCUT2D eigenvalue weighted by atomic mass is 9.96. The Morgan fingerprint density at radius 3 is 2.61 bits per heavy atom. The number of nitrogens with one attached hydrogen (secondary N) is 1. The highest BCUT2D eigenvalue weighted by molar-refractivity contribution is 6.35. The van der Waals surface area contributed by atoms with Gasteiger partial charge in [-0.25, -0.2) is 9.18 Å². The van der Waals surface area contributed by atoms with Gasteiger partial charge in [0.1, 0.15) is 23.7 Å². The van der Waals surface area contributed by atoms with Gasteiger partial charge in [0.15, 0.2) is 5.82 Å². The Labute approximate surface area is 259 Å². The van der Waals surface area contributed by atoms with Crippen LogP contribution < -0.4 is 15.0 Å². The number of aliphatic carboxylic acids is 1. The number of carbonyl (C=O) groups is 1. The minimum Gasteiger partial charge on any atom is -0.508 e. The van der Waals surface area contributed by atoms with Crippen molar-refractivity contribution in [2.75, 3.05) is 63.9 Å². The second kappa shape index (κ2) is 13.5. The first-order valence-corrected chi connectivity index (χ1v) is 15.3. The Morgan fingerprint density at radius 1 is 1.07 bits per heavy atom. The number of carboxylic acids is 1. The topological polar surface area (TPSA) is 120 Å². The van der Waals surface area contributed by atoms with Crippen LogP contribution >= 0.6 is 11.6 Å². The number of hydrogen-bond acceptors (Lipinski definition) is 9. The number of phenolic OH excluding ortho intramolecular Hbond substituents is 1. The fourth-order valence-electron chi connectivity index (χ4n) is 6.03. The highest BCUT2D eigenvalue weighted by Crippen LogP contribution is 2.42. The summed E-state index contributed by atoms with van der Waals surface area (Å²) in [5.41, 5.74) is 0.753. The third kappa shape index (κ3) is 6.66. The quantitative estimate of drug-likeness (QED) is 0.215. The van der Waals surface area contributed by atoms with Crippen molar-refractivity contribution in [1.29, 1.82) is 0 Å². The Hall–Kier alpha value is -3.77. The minimum absolute atomic E-state index is 0.0134. The molecular formula is C32H35ClFN5O5. The molecule has 6 rings (SSSR count). The summed E-state index contributed by atoms with van der Waals surface area (Å²) in [6, 6.07) is 12.4. The van der Waals surface area contributed by atoms with Crippen molar-refractivity contribution >= 4 is 45.1 Å². The average Bonchev–Trinajstić information content (AvgIpc) is 3.03. The van der Waals surface area contributed by atoms with Gasteiger partial charge in [0, 0.05) is 56.8 Å². The molecule has 0 unspecified atom stereocenters. The van der Waals surface area contributed by atoms with E-state index in [1.54, 1.807) is 12.1 Å². The summed E-state index contributed by atoms with van der Waals surface area (Å²) in [6.07, 6.45) is 2.26. The van der Waals surface area contributed by atoms with Crippen LogP contribution in [0, 0.1) is 5.82 Å². The lowest BCUT2D eigenvalue weighted by Crippen LogP contribution is -2.44. The first-order valence-electron chi connectivity index (χ1n) is 14.9. The molecule has 44 heavy (non-hydrogen) atoms. The molecule has 4 aromatic rings. The van der Waals surface area contributed by atoms with Crippen LogP contribution in [0.15, 0.2) is 42.5 Å². The SMILES string of the molecule is O=C(O)COC1CCN(CCCOc2nc(N3CCNCC3)c3cc(Cl)c(-c4cc(O)cc5ccccc45)c(F)c3n2)CC1. The largest absolute Gasteiger partial charge is 0.508 e. The van der Waals surface area contributed by atoms with E-state index in [9.17, 15) is 9.90 Å². The van der Waals surface area contributed by atoms with Crippen molar-refractivity contribution in [3.05, 3.63) is 53.3 Å². The highest BCUT2D eigenvalue weighted by atomic mass is 35.5. The number of hydrogen-bond donors (Lipinski definition) is 3. The van der Waals surface area contributed by atoms with E-state index < -0.39 is 11.8 Å². The summed E-state index contributed by atoms with van der Waals surface area (Å²) in [4.78, 5) is 24.4. The van der Waals surface area contributed by atoms with Gasteiger partial charge in [-0.2, -0.15) is 9.97 Å². The highest BCUT2D eigenvalue weighted by Gasteiger charge is 2.25. The van der Waals surface area contributed by atoms with Crippen LogP contribution in [-0.4, -0.2) is 96.2 Å². The number of piperidine rings is 1. The van der Waals surface area contributed by atoms with Crippen LogP contribution in [0.1, 0.15) is 19.3 Å². The van der Waals surface area contributed by atoms with E-state index in [-0.39, 0.29) is 40.6 Å². The molecular weight excluding hydrogens is 589 g/mol. The number of benzene rings is 3. The molecule has 0 atom stereocenters. The molecule has 0 radical (unpaired) electrons. The number of anilines is 1. The smallest absolute Gasteiger partial charge is 0.329 e. The second-order valence-corrected chi connectivity index (χ2v) is 11.6. The number of phenols is 1. The van der Waals surface area contributed by atoms with Crippen molar-refractivity contribution < 1.29 is 28.9 Å². The van der Waals surface area contributed by atoms with Crippen LogP contribution in [-0.2, 0) is 9.53 Å². The van der Waals surface area contributed by atoms with E-state index >= 15 is 4.39 Å². The van der Waals surface area contributed by atoms with Gasteiger partial charge in [0.25, 0.3) is 0 Å². The van der Waals surface area contributed by atoms with Crippen molar-refractivity contribution in [2.45, 2.75) is 25.4 Å². The fraction of sp³-hybridized carbons (Fsp3) is 0.406. The first-order chi connectivity index (χ1) is 21.4. The second-order valence-electron chi connectivity index (χ2n) is 11.2. The van der Waals surface area contributed by atoms with Crippen LogP contribution in [0.25, 0.3) is 32.8 Å². The summed E-state index contributed by atoms with van der Waals surface area (Å²) in [7, 11) is 0. The van der Waals surface area contributed by atoms with Gasteiger partial charge in [-0.15, -0.1) is 0 Å². The lowest BCUT2D eigenvalue weighted by Gasteiger charge is -2.31. The number of piperazine rings is 1. The number of rotatable bonds is 10. The normalized spacial score (nSPS) is 16.5. The molecule has 10 nitrogen and oxygen atoms in total. The zero-order valence-corrected chi connectivity index (χ0v) is 25.0. The molecule has 2 saturated heterocycles. The van der Waals surface area contributed by atoms with Gasteiger partial charge in [-0.05, 0) is 53.8 Å². The molecule has 2 aliphatic rings. The summed E-state index contributed by atoms with van der Waals surface area (Å²) in [5, 5.41) is 24.8. The zero-order valence-electron chi connectivity index (χ0n) is 24.3. The maximum absolute atomic E-state index is 16.6. The van der Waals surface area contributed by atoms with Crippen molar-refractivity contribution in [2.24, 2.45) is 0 Å². The van der Waals surface area contributed by atoms with E-state index in [1.807, 2.05) is 24.3 Å². The zero-order chi connectivity index (χ0) is 30.6. The summed E-state index contributed by atoms with van der Waals surface area (Å²) in [5.74, 6) is -0.963. The van der Waals surface area contributed by atoms with E-state index in [0.29, 0.717) is 42.9 Å². The maximum Gasteiger partial charge on any atom is 0.329 e. The van der Waals surface area contributed by atoms with E-state index in [0.717, 1.165) is 56.3 Å². The van der Waals surface area contributed by atoms with Crippen LogP contribution in [0.4, 0.5) is 10.2 Å². The molecule has 3 heterocycles. The van der Waals surface area contributed by atoms with Crippen LogP contribution in [0.2, 0.25) is 5.02 Å². The number of carboxylic acid groups (broad SMARTS) is 1. The molecule has 2 fully saturated rings. The minimum atomic E-state index is -0.951. The van der Waals surface area contributed by atoms with Gasteiger partial charge < -0.3 is 34.8 Å². The number of fused-ring (bicyclic) bond motifs is 2. The summed E-state index contributed by atoms with van der Waals surface area (Å²) in [6.45, 7) is 5.44. The molecule has 1 aromatic heterocycles. The molecule has 0 spiro atoms. The Kier molecular flexibility index (Phi) is 9.27. The molecule has 0 amide bonds. The molecule has 3 N–H and O–H groups in total. The van der Waals surface area contributed by atoms with Crippen molar-refractivity contribution in [3.63, 3.8) is 0 Å². The van der Waals surface area contributed by atoms with Gasteiger partial charge >= 0.3 is 12.0 Å². The fourth-order valence-corrected chi connectivity index (χ4v) is 6.32. The predicted octanol–water partition coefficient (Wildman–Crippen LogP) is 4.69. The monoisotopic (exact) mass is 623 g/mol. The third-order valence-corrected chi connectivity index (χ3v) is 8.50. The Morgan fingerprint density at radius 2 is 1.84 bits per heavy atom. The average molecular weight is 624 g/mol. The lowest BCUT2D eigenvalue weighted by molar-refractivity contribution is -0.145. The van der Waals surface area contributed by atoms with Crippen LogP contribution in [0.3, 0.4) is 0 Å². The molecule has 0 aliphatic carbocycles. The van der Waals surface area contributed by atoms with Gasteiger partial charge in [-0.3, -0.25) is 0 Å². The molecule has 232 valence electrons. The summed E-state index contributed by atoms with van der Waals surface area (Å²) < 4.78 is 28.0. The standard InChI is InChI=1S/C32H35ClFN5O5/c33-26-18-25-30(29(34)28(26)24-17-21(40)16-20-4-1-2-5-23(20)24)36-32(37-31(25)39-13-8-35-9-14-39)43-15-3-10-38-11-6-22(7-12-38)44-19-27(41)42/h1-2,4-5,16-18,22,35,40H,3,6-15,19H2,(H,41,42). The van der Waals surface area contributed by atoms with Gasteiger partial charge in [0.2, 0.25) is 0 Å². The Balaban J connectivity index is 1.25. The first kappa shape index (κ1) is 30.3. The molecule has 3 aromatic carbocycles. The van der Waals surface area contributed by atoms with Gasteiger partial charge in [0.05, 0.1) is 17.7 Å². The van der Waals surface area contributed by atoms with E-state index in [4.69, 9.17) is 31.2 Å². The van der Waals surface area contributed by atoms with Gasteiger partial charge in [-0.1, -0.05) is 35.9 Å². The predicted molar refractivity (Wildman–Crippen MR) is 167 cm³/mol. The maximum atomic E-state index is 16.6. The molecule has 0 bridgehead atoms. The molecule has 0 saturated carbocycles. The third-order valence-electron chi connectivity index (χ3n) is 8.20. The number of ether oxygens (including phenoxy) is 2. The number of aromatic nitrogens is 2. The van der Waals surface area contributed by atoms with Crippen molar-refractivity contribution in [3.8, 4) is 22.9 Å². The van der Waals surface area contributed by atoms with E-state index in [1.165, 1.54) is 6.07 Å². The number of likely N-dealkylation sites (tertiary alicyclic amines) is 1. The van der Waals surface area contributed by atoms with E-state index in [2.05, 4.69) is 20.1 Å². The Bertz CT molecular complexity index is 1660. The van der Waals surface area contributed by atoms with Crippen molar-refractivity contribution in [1.82, 2.24) is 20.2 Å². The van der Waals surface area contributed by atoms with Crippen LogP contribution in [0.5, 0.6) is 11.8 Å². The molecule has 2 aliphatic heterocycles. The molecule has 12 heteroatoms. The number of halogens is 2.